The first-order valence-electron chi connectivity index (χ1n) is 5.03. The van der Waals surface area contributed by atoms with Gasteiger partial charge in [0, 0.05) is 0 Å². The first-order valence-corrected chi connectivity index (χ1v) is 5.03. The maximum atomic E-state index is 13.1. The molecule has 0 saturated carbocycles. The molecule has 0 aromatic heterocycles. The zero-order valence-electron chi connectivity index (χ0n) is 8.81. The molecule has 1 saturated heterocycles. The highest BCUT2D eigenvalue weighted by molar-refractivity contribution is 5.89. The smallest absolute Gasteiger partial charge is 0.338 e. The lowest BCUT2D eigenvalue weighted by Gasteiger charge is -2.17. The number of hydrogen-bond acceptors (Lipinski definition) is 3. The molecule has 1 aliphatic heterocycles. The van der Waals surface area contributed by atoms with Crippen molar-refractivity contribution in [3.8, 4) is 0 Å². The zero-order valence-corrected chi connectivity index (χ0v) is 8.81. The van der Waals surface area contributed by atoms with E-state index in [-0.39, 0.29) is 0 Å². The molecular formula is C12H10F2O3. The summed E-state index contributed by atoms with van der Waals surface area (Å²) in [4.78, 5) is 11.5. The van der Waals surface area contributed by atoms with Crippen LogP contribution in [0.5, 0.6) is 0 Å². The Morgan fingerprint density at radius 2 is 2.06 bits per heavy atom. The van der Waals surface area contributed by atoms with Gasteiger partial charge in [0.1, 0.15) is 6.61 Å². The second kappa shape index (κ2) is 4.79. The fraction of sp³-hybridized carbons (Fsp3) is 0.250. The standard InChI is InChI=1S/C12H10F2O3/c13-12(14)6-7-16-10(12)8-17-11(15)9-4-2-1-3-5-9/h1-7,10H,8H2/t10-/m1/s1. The molecule has 0 amide bonds. The molecule has 0 unspecified atom stereocenters. The van der Waals surface area contributed by atoms with Gasteiger partial charge in [-0.3, -0.25) is 0 Å². The largest absolute Gasteiger partial charge is 0.459 e. The molecule has 0 aliphatic carbocycles. The Morgan fingerprint density at radius 3 is 2.65 bits per heavy atom. The van der Waals surface area contributed by atoms with Crippen molar-refractivity contribution in [2.24, 2.45) is 0 Å². The van der Waals surface area contributed by atoms with E-state index in [9.17, 15) is 13.6 Å². The van der Waals surface area contributed by atoms with Crippen molar-refractivity contribution < 1.29 is 23.0 Å². The SMILES string of the molecule is O=C(OC[C@H]1O[CH][CH]C1(F)F)c1ccccc1. The lowest BCUT2D eigenvalue weighted by Crippen LogP contribution is -2.33. The summed E-state index contributed by atoms with van der Waals surface area (Å²) in [5.74, 6) is -3.73. The summed E-state index contributed by atoms with van der Waals surface area (Å²) in [6.07, 6.45) is -0.788. The van der Waals surface area contributed by atoms with Crippen molar-refractivity contribution >= 4 is 5.97 Å². The number of esters is 1. The molecule has 90 valence electrons. The highest BCUT2D eigenvalue weighted by Crippen LogP contribution is 2.33. The molecule has 1 aromatic carbocycles. The van der Waals surface area contributed by atoms with Crippen molar-refractivity contribution in [2.75, 3.05) is 6.61 Å². The molecule has 1 fully saturated rings. The summed E-state index contributed by atoms with van der Waals surface area (Å²) in [5.41, 5.74) is 0.321. The Kier molecular flexibility index (Phi) is 3.38. The molecule has 1 aromatic rings. The minimum Gasteiger partial charge on any atom is -0.459 e. The summed E-state index contributed by atoms with van der Waals surface area (Å²) in [7, 11) is 0. The van der Waals surface area contributed by atoms with Crippen molar-refractivity contribution in [2.45, 2.75) is 12.0 Å². The average Bonchev–Trinajstić information content (AvgIpc) is 2.66. The Bertz CT molecular complexity index is 392. The van der Waals surface area contributed by atoms with Crippen molar-refractivity contribution in [3.63, 3.8) is 0 Å². The van der Waals surface area contributed by atoms with Crippen LogP contribution < -0.4 is 0 Å². The van der Waals surface area contributed by atoms with Crippen LogP contribution in [-0.4, -0.2) is 24.6 Å². The molecule has 17 heavy (non-hydrogen) atoms. The van der Waals surface area contributed by atoms with Crippen LogP contribution >= 0.6 is 0 Å². The van der Waals surface area contributed by atoms with Crippen molar-refractivity contribution in [1.29, 1.82) is 0 Å². The quantitative estimate of drug-likeness (QED) is 0.760. The van der Waals surface area contributed by atoms with E-state index >= 15 is 0 Å². The molecular weight excluding hydrogens is 230 g/mol. The van der Waals surface area contributed by atoms with Crippen LogP contribution in [0.4, 0.5) is 8.78 Å². The number of rotatable bonds is 3. The van der Waals surface area contributed by atoms with Gasteiger partial charge in [0.25, 0.3) is 5.92 Å². The lowest BCUT2D eigenvalue weighted by molar-refractivity contribution is -0.0761. The zero-order chi connectivity index (χ0) is 12.3. The van der Waals surface area contributed by atoms with Gasteiger partial charge in [-0.25, -0.2) is 13.6 Å². The summed E-state index contributed by atoms with van der Waals surface area (Å²) in [5, 5.41) is 0. The van der Waals surface area contributed by atoms with Gasteiger partial charge in [-0.1, -0.05) is 18.2 Å². The third-order valence-electron chi connectivity index (χ3n) is 2.34. The Hall–Kier alpha value is -1.49. The number of carbonyl (C=O) groups excluding carboxylic acids is 1. The van der Waals surface area contributed by atoms with Gasteiger partial charge in [0.05, 0.1) is 18.6 Å². The Morgan fingerprint density at radius 1 is 1.35 bits per heavy atom. The van der Waals surface area contributed by atoms with Gasteiger partial charge < -0.3 is 9.47 Å². The van der Waals surface area contributed by atoms with E-state index in [0.717, 1.165) is 6.61 Å². The summed E-state index contributed by atoms with van der Waals surface area (Å²) in [6.45, 7) is 0.439. The van der Waals surface area contributed by atoms with E-state index in [2.05, 4.69) is 4.74 Å². The van der Waals surface area contributed by atoms with Crippen LogP contribution in [-0.2, 0) is 9.47 Å². The van der Waals surface area contributed by atoms with Gasteiger partial charge in [-0.2, -0.15) is 0 Å². The van der Waals surface area contributed by atoms with E-state index in [0.29, 0.717) is 12.0 Å². The third kappa shape index (κ3) is 2.79. The van der Waals surface area contributed by atoms with E-state index in [1.54, 1.807) is 30.3 Å². The number of halogens is 2. The minimum absolute atomic E-state index is 0.321. The summed E-state index contributed by atoms with van der Waals surface area (Å²) < 4.78 is 35.5. The second-order valence-corrected chi connectivity index (χ2v) is 3.57. The molecule has 1 heterocycles. The number of carbonyl (C=O) groups is 1. The van der Waals surface area contributed by atoms with Crippen LogP contribution in [0.3, 0.4) is 0 Å². The van der Waals surface area contributed by atoms with Crippen LogP contribution in [0.15, 0.2) is 30.3 Å². The van der Waals surface area contributed by atoms with Gasteiger partial charge in [0.2, 0.25) is 0 Å². The summed E-state index contributed by atoms with van der Waals surface area (Å²) >= 11 is 0. The number of ether oxygens (including phenoxy) is 2. The van der Waals surface area contributed by atoms with Crippen LogP contribution in [0.2, 0.25) is 0 Å². The Labute approximate surface area is 97.3 Å². The molecule has 1 aliphatic rings. The van der Waals surface area contributed by atoms with E-state index in [1.165, 1.54) is 0 Å². The van der Waals surface area contributed by atoms with Gasteiger partial charge >= 0.3 is 5.97 Å². The highest BCUT2D eigenvalue weighted by Gasteiger charge is 2.46. The monoisotopic (exact) mass is 240 g/mol. The normalized spacial score (nSPS) is 22.4. The molecule has 0 bridgehead atoms. The fourth-order valence-electron chi connectivity index (χ4n) is 1.38. The van der Waals surface area contributed by atoms with Gasteiger partial charge in [-0.15, -0.1) is 0 Å². The topological polar surface area (TPSA) is 35.5 Å². The number of alkyl halides is 2. The third-order valence-corrected chi connectivity index (χ3v) is 2.34. The number of benzene rings is 1. The first kappa shape index (κ1) is 12.0. The fourth-order valence-corrected chi connectivity index (χ4v) is 1.38. The predicted octanol–water partition coefficient (Wildman–Crippen LogP) is 2.24. The first-order chi connectivity index (χ1) is 8.09. The molecule has 0 spiro atoms. The maximum absolute atomic E-state index is 13.1. The molecule has 3 nitrogen and oxygen atoms in total. The maximum Gasteiger partial charge on any atom is 0.338 e. The molecule has 0 N–H and O–H groups in total. The van der Waals surface area contributed by atoms with Crippen molar-refractivity contribution in [3.05, 3.63) is 48.9 Å². The van der Waals surface area contributed by atoms with Crippen molar-refractivity contribution in [1.82, 2.24) is 0 Å². The summed E-state index contributed by atoms with van der Waals surface area (Å²) in [6, 6.07) is 8.18. The highest BCUT2D eigenvalue weighted by atomic mass is 19.3. The molecule has 1 atom stereocenters. The predicted molar refractivity (Wildman–Crippen MR) is 55.1 cm³/mol. The van der Waals surface area contributed by atoms with E-state index in [4.69, 9.17) is 4.74 Å². The lowest BCUT2D eigenvalue weighted by atomic mass is 10.2. The second-order valence-electron chi connectivity index (χ2n) is 3.57. The van der Waals surface area contributed by atoms with Gasteiger partial charge in [-0.05, 0) is 12.1 Å². The van der Waals surface area contributed by atoms with Crippen LogP contribution in [0.25, 0.3) is 0 Å². The van der Waals surface area contributed by atoms with E-state index in [1.807, 2.05) is 0 Å². The molecule has 2 rings (SSSR count). The van der Waals surface area contributed by atoms with Gasteiger partial charge in [0.15, 0.2) is 6.10 Å². The van der Waals surface area contributed by atoms with Crippen LogP contribution in [0.1, 0.15) is 10.4 Å². The molecule has 5 heteroatoms. The van der Waals surface area contributed by atoms with E-state index < -0.39 is 24.6 Å². The minimum atomic E-state index is -3.09. The average molecular weight is 240 g/mol. The number of hydrogen-bond donors (Lipinski definition) is 0. The Balaban J connectivity index is 1.89. The molecule has 2 radical (unpaired) electrons. The van der Waals surface area contributed by atoms with Crippen LogP contribution in [0, 0.1) is 13.0 Å².